The summed E-state index contributed by atoms with van der Waals surface area (Å²) in [5.74, 6) is 0.484. The van der Waals surface area contributed by atoms with Gasteiger partial charge in [-0.15, -0.1) is 0 Å². The van der Waals surface area contributed by atoms with Crippen molar-refractivity contribution in [2.75, 3.05) is 13.1 Å². The number of rotatable bonds is 6. The van der Waals surface area contributed by atoms with Crippen molar-refractivity contribution < 1.29 is 4.79 Å². The number of H-pyrrole nitrogens is 1. The summed E-state index contributed by atoms with van der Waals surface area (Å²) >= 11 is 0. The fourth-order valence-corrected chi connectivity index (χ4v) is 3.59. The van der Waals surface area contributed by atoms with Gasteiger partial charge in [0.25, 0.3) is 5.91 Å². The molecule has 1 fully saturated rings. The van der Waals surface area contributed by atoms with Gasteiger partial charge in [0.15, 0.2) is 0 Å². The van der Waals surface area contributed by atoms with Gasteiger partial charge in [0, 0.05) is 31.4 Å². The van der Waals surface area contributed by atoms with Gasteiger partial charge in [0.2, 0.25) is 0 Å². The number of nitrogens with zero attached hydrogens (tertiary/aromatic N) is 2. The molecular weight excluding hydrogens is 324 g/mol. The molecule has 1 saturated heterocycles. The predicted molar refractivity (Wildman–Crippen MR) is 104 cm³/mol. The fraction of sp³-hybridized carbons (Fsp3) is 0.524. The first-order valence-electron chi connectivity index (χ1n) is 9.62. The maximum absolute atomic E-state index is 12.4. The minimum atomic E-state index is -0.0617. The molecule has 1 aliphatic rings. The highest BCUT2D eigenvalue weighted by atomic mass is 16.2. The van der Waals surface area contributed by atoms with Crippen LogP contribution in [0.25, 0.3) is 0 Å². The second kappa shape index (κ2) is 8.49. The van der Waals surface area contributed by atoms with Crippen LogP contribution in [0.2, 0.25) is 0 Å². The van der Waals surface area contributed by atoms with Gasteiger partial charge in [-0.1, -0.05) is 43.7 Å². The maximum Gasteiger partial charge on any atom is 0.271 e. The zero-order valence-corrected chi connectivity index (χ0v) is 16.1. The number of aromatic nitrogens is 2. The van der Waals surface area contributed by atoms with Crippen LogP contribution < -0.4 is 5.32 Å². The van der Waals surface area contributed by atoms with Crippen LogP contribution in [0, 0.1) is 12.8 Å². The quantitative estimate of drug-likeness (QED) is 0.837. The molecule has 2 aromatic rings. The molecule has 1 aliphatic heterocycles. The van der Waals surface area contributed by atoms with Crippen LogP contribution in [-0.2, 0) is 13.0 Å². The standard InChI is InChI=1S/C21H30N4O/c1-15(2)11-19-13-20(24-23-19)21(26)22-18-7-9-25(10-8-18)14-17-6-4-5-16(3)12-17/h4-6,12-13,15,18H,7-11,14H2,1-3H3,(H,22,26)(H,23,24). The van der Waals surface area contributed by atoms with Gasteiger partial charge in [-0.05, 0) is 43.7 Å². The Kier molecular flexibility index (Phi) is 6.09. The first kappa shape index (κ1) is 18.6. The Balaban J connectivity index is 1.46. The van der Waals surface area contributed by atoms with E-state index in [1.165, 1.54) is 11.1 Å². The number of likely N-dealkylation sites (tertiary alicyclic amines) is 1. The summed E-state index contributed by atoms with van der Waals surface area (Å²) in [6.07, 6.45) is 2.89. The van der Waals surface area contributed by atoms with Crippen LogP contribution in [0.15, 0.2) is 30.3 Å². The molecule has 140 valence electrons. The minimum absolute atomic E-state index is 0.0617. The van der Waals surface area contributed by atoms with E-state index in [0.717, 1.165) is 44.6 Å². The molecule has 5 nitrogen and oxygen atoms in total. The van der Waals surface area contributed by atoms with E-state index in [-0.39, 0.29) is 11.9 Å². The molecule has 1 amide bonds. The lowest BCUT2D eigenvalue weighted by Crippen LogP contribution is -2.44. The Morgan fingerprint density at radius 3 is 2.77 bits per heavy atom. The molecule has 2 heterocycles. The van der Waals surface area contributed by atoms with Crippen molar-refractivity contribution in [3.05, 3.63) is 52.8 Å². The Morgan fingerprint density at radius 2 is 2.08 bits per heavy atom. The molecular formula is C21H30N4O. The molecule has 1 aromatic heterocycles. The summed E-state index contributed by atoms with van der Waals surface area (Å²) in [5.41, 5.74) is 4.20. The van der Waals surface area contributed by atoms with Gasteiger partial charge in [-0.3, -0.25) is 14.8 Å². The third-order valence-electron chi connectivity index (χ3n) is 4.90. The molecule has 3 rings (SSSR count). The van der Waals surface area contributed by atoms with Gasteiger partial charge in [-0.25, -0.2) is 0 Å². The van der Waals surface area contributed by atoms with Crippen molar-refractivity contribution in [1.29, 1.82) is 0 Å². The van der Waals surface area contributed by atoms with Gasteiger partial charge in [0.1, 0.15) is 5.69 Å². The van der Waals surface area contributed by atoms with E-state index in [1.807, 2.05) is 6.07 Å². The van der Waals surface area contributed by atoms with Crippen molar-refractivity contribution in [2.45, 2.75) is 52.6 Å². The number of carbonyl (C=O) groups excluding carboxylic acids is 1. The second-order valence-corrected chi connectivity index (χ2v) is 7.89. The summed E-state index contributed by atoms with van der Waals surface area (Å²) in [4.78, 5) is 14.9. The summed E-state index contributed by atoms with van der Waals surface area (Å²) in [7, 11) is 0. The molecule has 0 aliphatic carbocycles. The number of hydrogen-bond donors (Lipinski definition) is 2. The van der Waals surface area contributed by atoms with Crippen molar-refractivity contribution in [3.63, 3.8) is 0 Å². The van der Waals surface area contributed by atoms with E-state index in [2.05, 4.69) is 65.5 Å². The number of hydrogen-bond acceptors (Lipinski definition) is 3. The van der Waals surface area contributed by atoms with E-state index in [0.29, 0.717) is 11.6 Å². The topological polar surface area (TPSA) is 61.0 Å². The van der Waals surface area contributed by atoms with Gasteiger partial charge in [0.05, 0.1) is 0 Å². The van der Waals surface area contributed by atoms with E-state index in [4.69, 9.17) is 0 Å². The van der Waals surface area contributed by atoms with E-state index < -0.39 is 0 Å². The van der Waals surface area contributed by atoms with Crippen molar-refractivity contribution in [2.24, 2.45) is 5.92 Å². The minimum Gasteiger partial charge on any atom is -0.348 e. The first-order valence-corrected chi connectivity index (χ1v) is 9.62. The number of benzene rings is 1. The fourth-order valence-electron chi connectivity index (χ4n) is 3.59. The Labute approximate surface area is 156 Å². The van der Waals surface area contributed by atoms with Crippen molar-refractivity contribution in [3.8, 4) is 0 Å². The number of aromatic amines is 1. The van der Waals surface area contributed by atoms with E-state index in [1.54, 1.807) is 0 Å². The second-order valence-electron chi connectivity index (χ2n) is 7.89. The van der Waals surface area contributed by atoms with Gasteiger partial charge in [-0.2, -0.15) is 5.10 Å². The van der Waals surface area contributed by atoms with Crippen LogP contribution in [0.1, 0.15) is 54.0 Å². The number of piperidine rings is 1. The molecule has 0 unspecified atom stereocenters. The molecule has 26 heavy (non-hydrogen) atoms. The third kappa shape index (κ3) is 5.18. The lowest BCUT2D eigenvalue weighted by Gasteiger charge is -2.32. The van der Waals surface area contributed by atoms with Gasteiger partial charge >= 0.3 is 0 Å². The maximum atomic E-state index is 12.4. The van der Waals surface area contributed by atoms with Crippen molar-refractivity contribution >= 4 is 5.91 Å². The van der Waals surface area contributed by atoms with Crippen LogP contribution in [0.4, 0.5) is 0 Å². The summed E-state index contributed by atoms with van der Waals surface area (Å²) in [6, 6.07) is 10.8. The zero-order valence-electron chi connectivity index (χ0n) is 16.1. The lowest BCUT2D eigenvalue weighted by atomic mass is 10.0. The molecule has 0 atom stereocenters. The molecule has 1 aromatic carbocycles. The molecule has 5 heteroatoms. The summed E-state index contributed by atoms with van der Waals surface area (Å²) < 4.78 is 0. The first-order chi connectivity index (χ1) is 12.5. The Hall–Kier alpha value is -2.14. The molecule has 0 bridgehead atoms. The number of nitrogens with one attached hydrogen (secondary N) is 2. The molecule has 0 saturated carbocycles. The smallest absolute Gasteiger partial charge is 0.271 e. The predicted octanol–water partition coefficient (Wildman–Crippen LogP) is 3.31. The van der Waals surface area contributed by atoms with Crippen LogP contribution in [0.5, 0.6) is 0 Å². The Bertz CT molecular complexity index is 729. The normalized spacial score (nSPS) is 16.2. The SMILES string of the molecule is Cc1cccc(CN2CCC(NC(=O)c3cc(CC(C)C)[nH]n3)CC2)c1. The highest BCUT2D eigenvalue weighted by Gasteiger charge is 2.22. The van der Waals surface area contributed by atoms with Gasteiger partial charge < -0.3 is 5.32 Å². The molecule has 0 radical (unpaired) electrons. The monoisotopic (exact) mass is 354 g/mol. The van der Waals surface area contributed by atoms with Crippen LogP contribution in [-0.4, -0.2) is 40.1 Å². The van der Waals surface area contributed by atoms with Crippen LogP contribution in [0.3, 0.4) is 0 Å². The number of aryl methyl sites for hydroxylation is 1. The average molecular weight is 354 g/mol. The lowest BCUT2D eigenvalue weighted by molar-refractivity contribution is 0.0904. The van der Waals surface area contributed by atoms with Crippen LogP contribution >= 0.6 is 0 Å². The highest BCUT2D eigenvalue weighted by Crippen LogP contribution is 2.15. The third-order valence-corrected chi connectivity index (χ3v) is 4.90. The number of carbonyl (C=O) groups is 1. The van der Waals surface area contributed by atoms with E-state index >= 15 is 0 Å². The largest absolute Gasteiger partial charge is 0.348 e. The molecule has 0 spiro atoms. The molecule has 2 N–H and O–H groups in total. The summed E-state index contributed by atoms with van der Waals surface area (Å²) in [5, 5.41) is 10.3. The zero-order chi connectivity index (χ0) is 18.5. The summed E-state index contributed by atoms with van der Waals surface area (Å²) in [6.45, 7) is 9.46. The number of amides is 1. The van der Waals surface area contributed by atoms with Crippen molar-refractivity contribution in [1.82, 2.24) is 20.4 Å². The Morgan fingerprint density at radius 1 is 1.31 bits per heavy atom. The highest BCUT2D eigenvalue weighted by molar-refractivity contribution is 5.92. The average Bonchev–Trinajstić information content (AvgIpc) is 3.04. The van der Waals surface area contributed by atoms with E-state index in [9.17, 15) is 4.79 Å².